The highest BCUT2D eigenvalue weighted by Crippen LogP contribution is 2.35. The molecule has 7 heteroatoms. The SMILES string of the molecule is CCOc1cc2c(cc1CNC(=O)CCN1C(=O)c3ccc(C)cc3C1=O)O[C@@H](C)C2. The summed E-state index contributed by atoms with van der Waals surface area (Å²) in [4.78, 5) is 38.6. The molecule has 1 N–H and O–H groups in total. The molecule has 2 aliphatic heterocycles. The van der Waals surface area contributed by atoms with Gasteiger partial charge in [0.05, 0.1) is 17.7 Å². The molecule has 0 spiro atoms. The third-order valence-corrected chi connectivity index (χ3v) is 5.54. The molecule has 7 nitrogen and oxygen atoms in total. The second-order valence-corrected chi connectivity index (χ2v) is 7.97. The quantitative estimate of drug-likeness (QED) is 0.694. The zero-order valence-electron chi connectivity index (χ0n) is 18.0. The highest BCUT2D eigenvalue weighted by molar-refractivity contribution is 6.21. The second kappa shape index (κ2) is 8.41. The fourth-order valence-electron chi connectivity index (χ4n) is 4.01. The van der Waals surface area contributed by atoms with Gasteiger partial charge in [-0.25, -0.2) is 0 Å². The summed E-state index contributed by atoms with van der Waals surface area (Å²) in [5.41, 5.74) is 3.65. The average Bonchev–Trinajstić information content (AvgIpc) is 3.20. The van der Waals surface area contributed by atoms with Gasteiger partial charge in [0.15, 0.2) is 0 Å². The molecule has 31 heavy (non-hydrogen) atoms. The number of hydrogen-bond acceptors (Lipinski definition) is 5. The van der Waals surface area contributed by atoms with Crippen LogP contribution in [-0.2, 0) is 17.8 Å². The Labute approximate surface area is 181 Å². The van der Waals surface area contributed by atoms with Crippen LogP contribution in [0.5, 0.6) is 11.5 Å². The standard InChI is InChI=1S/C24H26N2O5/c1-4-30-20-11-16-10-15(3)31-21(16)12-17(20)13-25-22(27)7-8-26-23(28)18-6-5-14(2)9-19(18)24(26)29/h5-6,9,11-12,15H,4,7-8,10,13H2,1-3H3,(H,25,27)/t15-/m0/s1. The van der Waals surface area contributed by atoms with Crippen LogP contribution in [0.1, 0.15) is 57.7 Å². The molecule has 2 aliphatic rings. The van der Waals surface area contributed by atoms with Gasteiger partial charge in [-0.1, -0.05) is 11.6 Å². The lowest BCUT2D eigenvalue weighted by atomic mass is 10.1. The number of nitrogens with one attached hydrogen (secondary N) is 1. The van der Waals surface area contributed by atoms with Gasteiger partial charge < -0.3 is 14.8 Å². The van der Waals surface area contributed by atoms with Gasteiger partial charge in [-0.3, -0.25) is 19.3 Å². The molecule has 0 aliphatic carbocycles. The van der Waals surface area contributed by atoms with Crippen molar-refractivity contribution < 1.29 is 23.9 Å². The van der Waals surface area contributed by atoms with Crippen molar-refractivity contribution in [1.82, 2.24) is 10.2 Å². The van der Waals surface area contributed by atoms with Crippen LogP contribution in [0, 0.1) is 6.92 Å². The van der Waals surface area contributed by atoms with E-state index in [1.165, 1.54) is 0 Å². The van der Waals surface area contributed by atoms with Crippen molar-refractivity contribution in [2.24, 2.45) is 0 Å². The molecule has 2 aromatic rings. The van der Waals surface area contributed by atoms with Crippen molar-refractivity contribution in [3.8, 4) is 11.5 Å². The van der Waals surface area contributed by atoms with E-state index in [9.17, 15) is 14.4 Å². The van der Waals surface area contributed by atoms with Gasteiger partial charge in [-0.2, -0.15) is 0 Å². The fourth-order valence-corrected chi connectivity index (χ4v) is 4.01. The molecule has 2 heterocycles. The predicted octanol–water partition coefficient (Wildman–Crippen LogP) is 3.02. The van der Waals surface area contributed by atoms with E-state index in [2.05, 4.69) is 5.32 Å². The lowest BCUT2D eigenvalue weighted by Gasteiger charge is -2.15. The van der Waals surface area contributed by atoms with Gasteiger partial charge in [0.25, 0.3) is 11.8 Å². The number of imide groups is 1. The second-order valence-electron chi connectivity index (χ2n) is 7.97. The van der Waals surface area contributed by atoms with Crippen LogP contribution in [0.2, 0.25) is 0 Å². The first-order valence-electron chi connectivity index (χ1n) is 10.6. The zero-order chi connectivity index (χ0) is 22.1. The molecule has 3 amide bonds. The Kier molecular flexibility index (Phi) is 5.67. The minimum atomic E-state index is -0.351. The molecule has 0 radical (unpaired) electrons. The molecule has 162 valence electrons. The maximum absolute atomic E-state index is 12.5. The summed E-state index contributed by atoms with van der Waals surface area (Å²) in [5.74, 6) is 0.609. The van der Waals surface area contributed by atoms with Crippen LogP contribution in [0.3, 0.4) is 0 Å². The molecule has 0 saturated carbocycles. The van der Waals surface area contributed by atoms with Crippen LogP contribution in [0.25, 0.3) is 0 Å². The van der Waals surface area contributed by atoms with E-state index in [4.69, 9.17) is 9.47 Å². The third-order valence-electron chi connectivity index (χ3n) is 5.54. The zero-order valence-corrected chi connectivity index (χ0v) is 18.0. The van der Waals surface area contributed by atoms with Crippen molar-refractivity contribution in [3.63, 3.8) is 0 Å². The van der Waals surface area contributed by atoms with E-state index in [0.29, 0.717) is 17.7 Å². The monoisotopic (exact) mass is 422 g/mol. The fraction of sp³-hybridized carbons (Fsp3) is 0.375. The normalized spacial score (nSPS) is 16.7. The highest BCUT2D eigenvalue weighted by Gasteiger charge is 2.35. The summed E-state index contributed by atoms with van der Waals surface area (Å²) in [6.07, 6.45) is 0.993. The summed E-state index contributed by atoms with van der Waals surface area (Å²) in [5, 5.41) is 2.86. The molecule has 0 bridgehead atoms. The van der Waals surface area contributed by atoms with Gasteiger partial charge in [0.1, 0.15) is 17.6 Å². The van der Waals surface area contributed by atoms with Gasteiger partial charge in [0.2, 0.25) is 5.91 Å². The van der Waals surface area contributed by atoms with Crippen LogP contribution >= 0.6 is 0 Å². The van der Waals surface area contributed by atoms with Crippen molar-refractivity contribution in [3.05, 3.63) is 58.1 Å². The molecule has 4 rings (SSSR count). The highest BCUT2D eigenvalue weighted by atomic mass is 16.5. The number of hydrogen-bond donors (Lipinski definition) is 1. The molecular weight excluding hydrogens is 396 g/mol. The summed E-state index contributed by atoms with van der Waals surface area (Å²) >= 11 is 0. The maximum Gasteiger partial charge on any atom is 0.261 e. The summed E-state index contributed by atoms with van der Waals surface area (Å²) in [6.45, 7) is 6.65. The summed E-state index contributed by atoms with van der Waals surface area (Å²) in [7, 11) is 0. The number of amides is 3. The van der Waals surface area contributed by atoms with E-state index in [1.54, 1.807) is 18.2 Å². The number of ether oxygens (including phenoxy) is 2. The summed E-state index contributed by atoms with van der Waals surface area (Å²) < 4.78 is 11.6. The van der Waals surface area contributed by atoms with E-state index < -0.39 is 0 Å². The number of aryl methyl sites for hydroxylation is 1. The number of rotatable bonds is 7. The largest absolute Gasteiger partial charge is 0.494 e. The number of carbonyl (C=O) groups excluding carboxylic acids is 3. The number of carbonyl (C=O) groups is 3. The first kappa shape index (κ1) is 20.9. The van der Waals surface area contributed by atoms with E-state index in [1.807, 2.05) is 32.9 Å². The lowest BCUT2D eigenvalue weighted by Crippen LogP contribution is -2.34. The average molecular weight is 422 g/mol. The van der Waals surface area contributed by atoms with Crippen LogP contribution in [0.4, 0.5) is 0 Å². The maximum atomic E-state index is 12.5. The topological polar surface area (TPSA) is 84.9 Å². The van der Waals surface area contributed by atoms with Crippen LogP contribution in [0.15, 0.2) is 30.3 Å². The Morgan fingerprint density at radius 3 is 2.74 bits per heavy atom. The number of nitrogens with zero attached hydrogens (tertiary/aromatic N) is 1. The minimum absolute atomic E-state index is 0.0346. The van der Waals surface area contributed by atoms with Gasteiger partial charge in [0, 0.05) is 37.1 Å². The van der Waals surface area contributed by atoms with Crippen molar-refractivity contribution in [2.45, 2.75) is 46.3 Å². The Balaban J connectivity index is 1.37. The van der Waals surface area contributed by atoms with Gasteiger partial charge in [-0.05, 0) is 45.0 Å². The molecule has 2 aromatic carbocycles. The molecule has 0 unspecified atom stereocenters. The molecule has 1 atom stereocenters. The molecular formula is C24H26N2O5. The van der Waals surface area contributed by atoms with E-state index >= 15 is 0 Å². The van der Waals surface area contributed by atoms with Crippen LogP contribution < -0.4 is 14.8 Å². The first-order valence-corrected chi connectivity index (χ1v) is 10.6. The van der Waals surface area contributed by atoms with E-state index in [-0.39, 0.29) is 43.3 Å². The minimum Gasteiger partial charge on any atom is -0.494 e. The first-order chi connectivity index (χ1) is 14.9. The van der Waals surface area contributed by atoms with Gasteiger partial charge >= 0.3 is 0 Å². The van der Waals surface area contributed by atoms with Crippen LogP contribution in [-0.4, -0.2) is 41.9 Å². The van der Waals surface area contributed by atoms with Crippen molar-refractivity contribution in [1.29, 1.82) is 0 Å². The van der Waals surface area contributed by atoms with E-state index in [0.717, 1.165) is 39.5 Å². The van der Waals surface area contributed by atoms with Crippen molar-refractivity contribution >= 4 is 17.7 Å². The predicted molar refractivity (Wildman–Crippen MR) is 114 cm³/mol. The lowest BCUT2D eigenvalue weighted by molar-refractivity contribution is -0.121. The Morgan fingerprint density at radius 1 is 1.19 bits per heavy atom. The number of fused-ring (bicyclic) bond motifs is 2. The third kappa shape index (κ3) is 4.13. The Hall–Kier alpha value is -3.35. The molecule has 0 aromatic heterocycles. The summed E-state index contributed by atoms with van der Waals surface area (Å²) in [6, 6.07) is 9.07. The smallest absolute Gasteiger partial charge is 0.261 e. The molecule has 0 saturated heterocycles. The Morgan fingerprint density at radius 2 is 1.97 bits per heavy atom. The number of benzene rings is 2. The molecule has 0 fully saturated rings. The van der Waals surface area contributed by atoms with Gasteiger partial charge in [-0.15, -0.1) is 0 Å². The van der Waals surface area contributed by atoms with Crippen molar-refractivity contribution in [2.75, 3.05) is 13.2 Å². The Bertz CT molecular complexity index is 1060.